The first-order valence-corrected chi connectivity index (χ1v) is 12.8. The summed E-state index contributed by atoms with van der Waals surface area (Å²) in [5, 5.41) is 14.9. The Morgan fingerprint density at radius 1 is 0.886 bits per heavy atom. The van der Waals surface area contributed by atoms with Crippen molar-refractivity contribution >= 4 is 33.4 Å². The van der Waals surface area contributed by atoms with Gasteiger partial charge >= 0.3 is 12.0 Å². The number of carbonyl (C=O) groups excluding carboxylic acids is 1. The van der Waals surface area contributed by atoms with E-state index < -0.39 is 22.0 Å². The average molecular weight is 494 g/mol. The van der Waals surface area contributed by atoms with Gasteiger partial charge in [0.25, 0.3) is 0 Å². The summed E-state index contributed by atoms with van der Waals surface area (Å²) in [6.07, 6.45) is 1.77. The van der Waals surface area contributed by atoms with E-state index in [1.54, 1.807) is 24.3 Å². The van der Waals surface area contributed by atoms with Crippen LogP contribution in [-0.4, -0.2) is 42.4 Å². The van der Waals surface area contributed by atoms with E-state index in [0.717, 1.165) is 21.9 Å². The van der Waals surface area contributed by atoms with Crippen molar-refractivity contribution in [1.29, 1.82) is 0 Å². The molecule has 1 saturated heterocycles. The number of amides is 2. The number of carboxylic acid groups (broad SMARTS) is 1. The fourth-order valence-corrected chi connectivity index (χ4v) is 5.74. The summed E-state index contributed by atoms with van der Waals surface area (Å²) >= 11 is 0. The molecule has 0 saturated carbocycles. The zero-order valence-corrected chi connectivity index (χ0v) is 20.1. The Kier molecular flexibility index (Phi) is 7.18. The number of nitrogens with zero attached hydrogens (tertiary/aromatic N) is 1. The van der Waals surface area contributed by atoms with Gasteiger partial charge in [0, 0.05) is 17.9 Å². The van der Waals surface area contributed by atoms with Crippen LogP contribution in [0.3, 0.4) is 0 Å². The van der Waals surface area contributed by atoms with E-state index in [1.165, 1.54) is 17.7 Å². The lowest BCUT2D eigenvalue weighted by Crippen LogP contribution is -2.40. The molecule has 0 aromatic heterocycles. The first kappa shape index (κ1) is 24.4. The van der Waals surface area contributed by atoms with Crippen LogP contribution in [0.15, 0.2) is 77.7 Å². The molecule has 9 heteroatoms. The molecule has 2 amide bonds. The lowest BCUT2D eigenvalue weighted by atomic mass is 10.1. The number of urea groups is 1. The molecule has 0 bridgehead atoms. The standard InChI is InChI=1S/C26H27N3O5S/c1-2-18-5-11-21(12-6-18)27-26(32)28-22-13-7-19(8-14-22)20-9-15-23(16-10-20)35(33,34)29-17-3-4-24(29)25(30)31/h5-16,24H,2-4,17H2,1H3,(H,30,31)(H2,27,28,32)/t24-/m0/s1. The van der Waals surface area contributed by atoms with Crippen LogP contribution in [0.2, 0.25) is 0 Å². The number of anilines is 2. The Hall–Kier alpha value is -3.69. The molecule has 3 aromatic rings. The third-order valence-corrected chi connectivity index (χ3v) is 7.97. The van der Waals surface area contributed by atoms with E-state index in [4.69, 9.17) is 0 Å². The van der Waals surface area contributed by atoms with Crippen LogP contribution in [0, 0.1) is 0 Å². The molecule has 1 aliphatic rings. The van der Waals surface area contributed by atoms with Crippen LogP contribution in [-0.2, 0) is 21.2 Å². The maximum atomic E-state index is 12.9. The lowest BCUT2D eigenvalue weighted by Gasteiger charge is -2.21. The van der Waals surface area contributed by atoms with Crippen molar-refractivity contribution in [3.05, 3.63) is 78.4 Å². The molecule has 1 heterocycles. The van der Waals surface area contributed by atoms with E-state index >= 15 is 0 Å². The zero-order chi connectivity index (χ0) is 25.0. The predicted octanol–water partition coefficient (Wildman–Crippen LogP) is 4.80. The molecule has 1 fully saturated rings. The summed E-state index contributed by atoms with van der Waals surface area (Å²) in [6, 6.07) is 19.8. The highest BCUT2D eigenvalue weighted by Crippen LogP contribution is 2.28. The summed E-state index contributed by atoms with van der Waals surface area (Å²) in [4.78, 5) is 23.7. The van der Waals surface area contributed by atoms with Gasteiger partial charge in [0.05, 0.1) is 4.90 Å². The highest BCUT2D eigenvalue weighted by Gasteiger charge is 2.39. The maximum absolute atomic E-state index is 12.9. The fourth-order valence-electron chi connectivity index (χ4n) is 4.09. The highest BCUT2D eigenvalue weighted by atomic mass is 32.2. The summed E-state index contributed by atoms with van der Waals surface area (Å²) in [6.45, 7) is 2.27. The van der Waals surface area contributed by atoms with Gasteiger partial charge in [-0.1, -0.05) is 43.3 Å². The third-order valence-electron chi connectivity index (χ3n) is 6.05. The fraction of sp³-hybridized carbons (Fsp3) is 0.231. The molecule has 35 heavy (non-hydrogen) atoms. The first-order valence-electron chi connectivity index (χ1n) is 11.4. The van der Waals surface area contributed by atoms with Crippen molar-refractivity contribution in [3.8, 4) is 11.1 Å². The normalized spacial score (nSPS) is 16.1. The van der Waals surface area contributed by atoms with E-state index in [-0.39, 0.29) is 17.5 Å². The Balaban J connectivity index is 1.41. The maximum Gasteiger partial charge on any atom is 0.323 e. The van der Waals surface area contributed by atoms with Gasteiger partial charge < -0.3 is 15.7 Å². The number of aryl methyl sites for hydroxylation is 1. The summed E-state index contributed by atoms with van der Waals surface area (Å²) < 4.78 is 26.9. The number of rotatable bonds is 7. The number of carbonyl (C=O) groups is 2. The van der Waals surface area contributed by atoms with Gasteiger partial charge in [-0.25, -0.2) is 13.2 Å². The molecule has 0 radical (unpaired) electrons. The van der Waals surface area contributed by atoms with Crippen molar-refractivity contribution in [1.82, 2.24) is 4.31 Å². The van der Waals surface area contributed by atoms with Crippen molar-refractivity contribution in [2.75, 3.05) is 17.2 Å². The number of nitrogens with one attached hydrogen (secondary N) is 2. The number of hydrogen-bond donors (Lipinski definition) is 3. The van der Waals surface area contributed by atoms with Gasteiger partial charge in [0.2, 0.25) is 10.0 Å². The predicted molar refractivity (Wildman–Crippen MR) is 135 cm³/mol. The minimum absolute atomic E-state index is 0.0660. The molecule has 8 nitrogen and oxygen atoms in total. The average Bonchev–Trinajstić information content (AvgIpc) is 3.37. The molecular weight excluding hydrogens is 466 g/mol. The van der Waals surface area contributed by atoms with Crippen molar-refractivity contribution in [2.24, 2.45) is 0 Å². The first-order chi connectivity index (χ1) is 16.8. The summed E-state index contributed by atoms with van der Waals surface area (Å²) in [5.41, 5.74) is 4.16. The minimum atomic E-state index is -3.88. The number of hydrogen-bond acceptors (Lipinski definition) is 4. The summed E-state index contributed by atoms with van der Waals surface area (Å²) in [5.74, 6) is -1.13. The summed E-state index contributed by atoms with van der Waals surface area (Å²) in [7, 11) is -3.88. The zero-order valence-electron chi connectivity index (χ0n) is 19.3. The van der Waals surface area contributed by atoms with Crippen LogP contribution >= 0.6 is 0 Å². The molecule has 1 aliphatic heterocycles. The van der Waals surface area contributed by atoms with Gasteiger partial charge in [0.1, 0.15) is 6.04 Å². The smallest absolute Gasteiger partial charge is 0.323 e. The SMILES string of the molecule is CCc1ccc(NC(=O)Nc2ccc(-c3ccc(S(=O)(=O)N4CCC[C@H]4C(=O)O)cc3)cc2)cc1. The Morgan fingerprint density at radius 2 is 1.40 bits per heavy atom. The minimum Gasteiger partial charge on any atom is -0.480 e. The number of aliphatic carboxylic acids is 1. The second-order valence-corrected chi connectivity index (χ2v) is 10.2. The number of carboxylic acids is 1. The van der Waals surface area contributed by atoms with Crippen LogP contribution in [0.4, 0.5) is 16.2 Å². The van der Waals surface area contributed by atoms with Crippen LogP contribution in [0.1, 0.15) is 25.3 Å². The Labute approximate surface area is 204 Å². The molecule has 182 valence electrons. The second kappa shape index (κ2) is 10.3. The van der Waals surface area contributed by atoms with Gasteiger partial charge in [-0.05, 0) is 72.4 Å². The van der Waals surface area contributed by atoms with Crippen molar-refractivity contribution in [3.63, 3.8) is 0 Å². The quantitative estimate of drug-likeness (QED) is 0.437. The molecule has 4 rings (SSSR count). The van der Waals surface area contributed by atoms with Crippen LogP contribution in [0.25, 0.3) is 11.1 Å². The number of sulfonamides is 1. The van der Waals surface area contributed by atoms with Crippen LogP contribution < -0.4 is 10.6 Å². The van der Waals surface area contributed by atoms with Gasteiger partial charge in [-0.2, -0.15) is 4.31 Å². The van der Waals surface area contributed by atoms with Crippen LogP contribution in [0.5, 0.6) is 0 Å². The monoisotopic (exact) mass is 493 g/mol. The van der Waals surface area contributed by atoms with E-state index in [1.807, 2.05) is 36.4 Å². The molecule has 3 N–H and O–H groups in total. The molecule has 1 atom stereocenters. The van der Waals surface area contributed by atoms with E-state index in [2.05, 4.69) is 17.6 Å². The van der Waals surface area contributed by atoms with E-state index in [0.29, 0.717) is 24.2 Å². The molecule has 0 spiro atoms. The molecule has 0 unspecified atom stereocenters. The Morgan fingerprint density at radius 3 is 1.91 bits per heavy atom. The second-order valence-electron chi connectivity index (χ2n) is 8.34. The largest absolute Gasteiger partial charge is 0.480 e. The van der Waals surface area contributed by atoms with Gasteiger partial charge in [-0.3, -0.25) is 4.79 Å². The Bertz CT molecular complexity index is 1300. The van der Waals surface area contributed by atoms with Gasteiger partial charge in [0.15, 0.2) is 0 Å². The van der Waals surface area contributed by atoms with Crippen molar-refractivity contribution < 1.29 is 23.1 Å². The number of benzene rings is 3. The van der Waals surface area contributed by atoms with Gasteiger partial charge in [-0.15, -0.1) is 0 Å². The molecule has 3 aromatic carbocycles. The molecular formula is C26H27N3O5S. The van der Waals surface area contributed by atoms with Crippen molar-refractivity contribution in [2.45, 2.75) is 37.1 Å². The highest BCUT2D eigenvalue weighted by molar-refractivity contribution is 7.89. The topological polar surface area (TPSA) is 116 Å². The molecule has 0 aliphatic carbocycles. The third kappa shape index (κ3) is 5.52. The lowest BCUT2D eigenvalue weighted by molar-refractivity contribution is -0.140. The van der Waals surface area contributed by atoms with E-state index in [9.17, 15) is 23.1 Å².